The second-order valence-electron chi connectivity index (χ2n) is 13.0. The largest absolute Gasteiger partial charge is 0.378 e. The maximum atomic E-state index is 9.90. The Balaban J connectivity index is 1.30. The van der Waals surface area contributed by atoms with Crippen molar-refractivity contribution in [3.63, 3.8) is 0 Å². The van der Waals surface area contributed by atoms with Crippen molar-refractivity contribution in [2.45, 2.75) is 64.8 Å². The summed E-state index contributed by atoms with van der Waals surface area (Å²) in [6, 6.07) is 11.2. The van der Waals surface area contributed by atoms with Gasteiger partial charge in [0.05, 0.1) is 47.9 Å². The van der Waals surface area contributed by atoms with Crippen LogP contribution in [0.15, 0.2) is 41.5 Å². The summed E-state index contributed by atoms with van der Waals surface area (Å²) in [5, 5.41) is 28.4. The summed E-state index contributed by atoms with van der Waals surface area (Å²) in [4.78, 5) is 8.72. The Hall–Kier alpha value is -3.65. The first-order valence-electron chi connectivity index (χ1n) is 14.7. The second kappa shape index (κ2) is 10.6. The molecule has 1 saturated heterocycles. The van der Waals surface area contributed by atoms with Crippen molar-refractivity contribution in [2.24, 2.45) is 10.4 Å². The van der Waals surface area contributed by atoms with Gasteiger partial charge in [-0.05, 0) is 47.1 Å². The van der Waals surface area contributed by atoms with E-state index in [9.17, 15) is 5.26 Å². The highest BCUT2D eigenvalue weighted by Gasteiger charge is 2.34. The smallest absolute Gasteiger partial charge is 0.187 e. The number of rotatable bonds is 8. The minimum atomic E-state index is -0.238. The molecule has 42 heavy (non-hydrogen) atoms. The standard InChI is InChI=1S/C31H36ClN9O/c1-31(2,3)16-34-30-24-9-20(10-26(32)28(24)35-18-40(30)17-33)36-29(27-13-41(38-37-27)21-7-8-21)23-6-4-5-19-11-39(12-25(19)23)22-14-42-15-22/h4-6,9-10,13,21-22,29,34,36H,7-8,11-12,14-16,18H2,1-3H3. The maximum absolute atomic E-state index is 9.90. The van der Waals surface area contributed by atoms with Crippen LogP contribution in [0.2, 0.25) is 5.02 Å². The van der Waals surface area contributed by atoms with Crippen molar-refractivity contribution in [2.75, 3.05) is 31.7 Å². The van der Waals surface area contributed by atoms with E-state index < -0.39 is 0 Å². The van der Waals surface area contributed by atoms with Gasteiger partial charge < -0.3 is 15.4 Å². The summed E-state index contributed by atoms with van der Waals surface area (Å²) >= 11 is 6.87. The van der Waals surface area contributed by atoms with Crippen molar-refractivity contribution in [3.8, 4) is 6.19 Å². The third-order valence-electron chi connectivity index (χ3n) is 8.41. The van der Waals surface area contributed by atoms with E-state index in [4.69, 9.17) is 16.3 Å². The molecule has 11 heteroatoms. The number of hydrogen-bond donors (Lipinski definition) is 2. The molecule has 2 aromatic carbocycles. The van der Waals surface area contributed by atoms with Gasteiger partial charge in [0, 0.05) is 30.5 Å². The first kappa shape index (κ1) is 27.2. The molecule has 10 nitrogen and oxygen atoms in total. The van der Waals surface area contributed by atoms with E-state index in [1.165, 1.54) is 16.7 Å². The molecule has 1 aromatic heterocycles. The number of fused-ring (bicyclic) bond motifs is 2. The van der Waals surface area contributed by atoms with Gasteiger partial charge in [0.25, 0.3) is 0 Å². The van der Waals surface area contributed by atoms with Gasteiger partial charge in [-0.1, -0.05) is 55.8 Å². The molecule has 218 valence electrons. The number of aromatic nitrogens is 3. The van der Waals surface area contributed by atoms with Crippen molar-refractivity contribution >= 4 is 23.1 Å². The average molecular weight is 586 g/mol. The first-order chi connectivity index (χ1) is 20.3. The third kappa shape index (κ3) is 5.21. The number of benzene rings is 2. The summed E-state index contributed by atoms with van der Waals surface area (Å²) in [7, 11) is 0. The summed E-state index contributed by atoms with van der Waals surface area (Å²) in [6.07, 6.45) is 6.63. The van der Waals surface area contributed by atoms with E-state index in [-0.39, 0.29) is 18.1 Å². The number of nitriles is 1. The van der Waals surface area contributed by atoms with E-state index in [1.54, 1.807) is 4.90 Å². The lowest BCUT2D eigenvalue weighted by molar-refractivity contribution is -0.0670. The van der Waals surface area contributed by atoms with E-state index >= 15 is 0 Å². The Morgan fingerprint density at radius 3 is 2.71 bits per heavy atom. The fraction of sp³-hybridized carbons (Fsp3) is 0.484. The zero-order valence-electron chi connectivity index (χ0n) is 24.3. The SMILES string of the molecule is CC(C)(C)CNC1=c2cc(NC(c3cn(C4CC4)nn3)c3cccc4c3CN(C3COC3)C4)cc(Cl)c2=NCN1C#N. The van der Waals surface area contributed by atoms with Gasteiger partial charge in [-0.2, -0.15) is 5.26 Å². The second-order valence-corrected chi connectivity index (χ2v) is 13.4. The molecule has 3 aromatic rings. The minimum Gasteiger partial charge on any atom is -0.378 e. The van der Waals surface area contributed by atoms with E-state index in [0.717, 1.165) is 61.6 Å². The van der Waals surface area contributed by atoms with Crippen LogP contribution in [0.1, 0.15) is 68.1 Å². The number of hydrogen-bond acceptors (Lipinski definition) is 9. The first-order valence-corrected chi connectivity index (χ1v) is 15.1. The number of halogens is 1. The van der Waals surface area contributed by atoms with Crippen LogP contribution in [-0.2, 0) is 17.8 Å². The van der Waals surface area contributed by atoms with Gasteiger partial charge in [-0.3, -0.25) is 9.89 Å². The molecule has 4 aliphatic rings. The Bertz CT molecular complexity index is 1680. The van der Waals surface area contributed by atoms with Crippen molar-refractivity contribution in [3.05, 3.63) is 74.5 Å². The predicted octanol–water partition coefficient (Wildman–Crippen LogP) is 3.26. The van der Waals surface area contributed by atoms with Crippen molar-refractivity contribution < 1.29 is 4.74 Å². The molecule has 4 heterocycles. The van der Waals surface area contributed by atoms with Crippen LogP contribution in [0.5, 0.6) is 0 Å². The van der Waals surface area contributed by atoms with Gasteiger partial charge in [0.2, 0.25) is 0 Å². The van der Waals surface area contributed by atoms with E-state index in [2.05, 4.69) is 82.2 Å². The van der Waals surface area contributed by atoms with Crippen LogP contribution in [0.3, 0.4) is 0 Å². The van der Waals surface area contributed by atoms with E-state index in [0.29, 0.717) is 29.0 Å². The Kier molecular flexibility index (Phi) is 6.84. The molecule has 1 saturated carbocycles. The Morgan fingerprint density at radius 1 is 1.17 bits per heavy atom. The molecule has 1 aliphatic carbocycles. The van der Waals surface area contributed by atoms with Crippen molar-refractivity contribution in [1.29, 1.82) is 5.26 Å². The van der Waals surface area contributed by atoms with Gasteiger partial charge in [0.1, 0.15) is 18.2 Å². The molecular formula is C31H36ClN9O. The Labute approximate surface area is 250 Å². The zero-order chi connectivity index (χ0) is 29.0. The summed E-state index contributed by atoms with van der Waals surface area (Å²) in [5.41, 5.74) is 5.58. The molecule has 0 amide bonds. The number of nitrogens with zero attached hydrogens (tertiary/aromatic N) is 7. The topological polar surface area (TPSA) is 107 Å². The fourth-order valence-corrected chi connectivity index (χ4v) is 6.14. The zero-order valence-corrected chi connectivity index (χ0v) is 25.0. The van der Waals surface area contributed by atoms with Gasteiger partial charge in [0.15, 0.2) is 6.19 Å². The fourth-order valence-electron chi connectivity index (χ4n) is 5.86. The van der Waals surface area contributed by atoms with Crippen LogP contribution >= 0.6 is 11.6 Å². The number of ether oxygens (including phenoxy) is 1. The molecule has 2 N–H and O–H groups in total. The third-order valence-corrected chi connectivity index (χ3v) is 8.70. The molecule has 0 bridgehead atoms. The summed E-state index contributed by atoms with van der Waals surface area (Å²) < 4.78 is 7.49. The highest BCUT2D eigenvalue weighted by Crippen LogP contribution is 2.38. The molecule has 7 rings (SSSR count). The van der Waals surface area contributed by atoms with Crippen LogP contribution < -0.4 is 21.2 Å². The quantitative estimate of drug-likeness (QED) is 0.388. The highest BCUT2D eigenvalue weighted by atomic mass is 35.5. The lowest BCUT2D eigenvalue weighted by atomic mass is 9.95. The van der Waals surface area contributed by atoms with E-state index in [1.807, 2.05) is 16.8 Å². The normalized spacial score (nSPS) is 19.4. The monoisotopic (exact) mass is 585 g/mol. The number of anilines is 1. The summed E-state index contributed by atoms with van der Waals surface area (Å²) in [6.45, 7) is 10.8. The van der Waals surface area contributed by atoms with Crippen LogP contribution in [0.25, 0.3) is 5.82 Å². The lowest BCUT2D eigenvalue weighted by Crippen LogP contribution is -2.46. The molecular weight excluding hydrogens is 550 g/mol. The minimum absolute atomic E-state index is 0.0220. The van der Waals surface area contributed by atoms with Crippen molar-refractivity contribution in [1.82, 2.24) is 30.1 Å². The van der Waals surface area contributed by atoms with Crippen LogP contribution in [0, 0.1) is 16.9 Å². The lowest BCUT2D eigenvalue weighted by Gasteiger charge is -2.34. The number of nitrogens with one attached hydrogen (secondary N) is 2. The highest BCUT2D eigenvalue weighted by molar-refractivity contribution is 6.30. The van der Waals surface area contributed by atoms with Gasteiger partial charge >= 0.3 is 0 Å². The maximum Gasteiger partial charge on any atom is 0.187 e. The molecule has 2 fully saturated rings. The molecule has 3 aliphatic heterocycles. The summed E-state index contributed by atoms with van der Waals surface area (Å²) in [5.74, 6) is 0.721. The van der Waals surface area contributed by atoms with Gasteiger partial charge in [-0.15, -0.1) is 5.10 Å². The molecule has 0 radical (unpaired) electrons. The average Bonchev–Trinajstić information content (AvgIpc) is 3.50. The van der Waals surface area contributed by atoms with Crippen LogP contribution in [0.4, 0.5) is 5.69 Å². The molecule has 1 atom stereocenters. The molecule has 0 spiro atoms. The Morgan fingerprint density at radius 2 is 2.00 bits per heavy atom. The van der Waals surface area contributed by atoms with Crippen LogP contribution in [-0.4, -0.2) is 57.3 Å². The van der Waals surface area contributed by atoms with Gasteiger partial charge in [-0.25, -0.2) is 9.58 Å². The molecule has 1 unspecified atom stereocenters. The predicted molar refractivity (Wildman–Crippen MR) is 159 cm³/mol.